The maximum atomic E-state index is 12.5. The van der Waals surface area contributed by atoms with Crippen LogP contribution in [0, 0.1) is 13.8 Å². The molecule has 0 radical (unpaired) electrons. The van der Waals surface area contributed by atoms with Gasteiger partial charge in [-0.25, -0.2) is 8.42 Å². The summed E-state index contributed by atoms with van der Waals surface area (Å²) < 4.78 is 29.4. The Morgan fingerprint density at radius 2 is 1.80 bits per heavy atom. The van der Waals surface area contributed by atoms with E-state index < -0.39 is 15.1 Å². The first-order valence-electron chi connectivity index (χ1n) is 6.78. The lowest BCUT2D eigenvalue weighted by atomic mass is 9.99. The molecule has 1 aliphatic heterocycles. The lowest BCUT2D eigenvalue weighted by molar-refractivity contribution is 0.0981. The second-order valence-electron chi connectivity index (χ2n) is 5.36. The second kappa shape index (κ2) is 5.56. The van der Waals surface area contributed by atoms with E-state index in [1.807, 2.05) is 13.8 Å². The number of hydrogen-bond acceptors (Lipinski definition) is 4. The molecule has 2 rings (SSSR count). The second-order valence-corrected chi connectivity index (χ2v) is 7.66. The molecule has 1 aliphatic rings. The minimum atomic E-state index is -3.29. The summed E-state index contributed by atoms with van der Waals surface area (Å²) in [7, 11) is -1.71. The zero-order valence-electron chi connectivity index (χ0n) is 12.1. The number of sulfone groups is 1. The SMILES string of the molecule is COc1c(C)cc(C(=O)C2CCCCS2(=O)=O)cc1C. The zero-order chi connectivity index (χ0) is 14.9. The fourth-order valence-electron chi connectivity index (χ4n) is 2.85. The van der Waals surface area contributed by atoms with Crippen molar-refractivity contribution in [3.05, 3.63) is 28.8 Å². The fourth-order valence-corrected chi connectivity index (χ4v) is 4.73. The first-order valence-corrected chi connectivity index (χ1v) is 8.49. The fraction of sp³-hybridized carbons (Fsp3) is 0.533. The number of rotatable bonds is 3. The molecule has 1 aromatic carbocycles. The van der Waals surface area contributed by atoms with E-state index >= 15 is 0 Å². The normalized spacial score (nSPS) is 21.4. The molecule has 0 spiro atoms. The number of ketones is 1. The van der Waals surface area contributed by atoms with Gasteiger partial charge in [-0.2, -0.15) is 0 Å². The van der Waals surface area contributed by atoms with Gasteiger partial charge in [0.2, 0.25) is 0 Å². The van der Waals surface area contributed by atoms with Gasteiger partial charge in [0, 0.05) is 5.56 Å². The van der Waals surface area contributed by atoms with Crippen LogP contribution in [0.2, 0.25) is 0 Å². The summed E-state index contributed by atoms with van der Waals surface area (Å²) in [4.78, 5) is 12.5. The molecule has 0 aliphatic carbocycles. The van der Waals surface area contributed by atoms with Crippen LogP contribution in [0.15, 0.2) is 12.1 Å². The average molecular weight is 296 g/mol. The summed E-state index contributed by atoms with van der Waals surface area (Å²) in [5.41, 5.74) is 2.17. The lowest BCUT2D eigenvalue weighted by Crippen LogP contribution is -2.35. The van der Waals surface area contributed by atoms with Gasteiger partial charge in [0.15, 0.2) is 15.6 Å². The third-order valence-electron chi connectivity index (χ3n) is 3.82. The minimum absolute atomic E-state index is 0.123. The Bertz CT molecular complexity index is 608. The summed E-state index contributed by atoms with van der Waals surface area (Å²) in [6.45, 7) is 3.72. The molecule has 0 N–H and O–H groups in total. The highest BCUT2D eigenvalue weighted by Crippen LogP contribution is 2.28. The lowest BCUT2D eigenvalue weighted by Gasteiger charge is -2.21. The van der Waals surface area contributed by atoms with Crippen LogP contribution < -0.4 is 4.74 Å². The summed E-state index contributed by atoms with van der Waals surface area (Å²) >= 11 is 0. The predicted molar refractivity (Wildman–Crippen MR) is 78.2 cm³/mol. The molecule has 0 saturated carbocycles. The number of ether oxygens (including phenoxy) is 1. The molecule has 4 nitrogen and oxygen atoms in total. The largest absolute Gasteiger partial charge is 0.496 e. The van der Waals surface area contributed by atoms with Crippen molar-refractivity contribution in [2.45, 2.75) is 38.4 Å². The molecule has 1 unspecified atom stereocenters. The van der Waals surface area contributed by atoms with Crippen molar-refractivity contribution < 1.29 is 17.9 Å². The highest BCUT2D eigenvalue weighted by molar-refractivity contribution is 7.92. The number of aryl methyl sites for hydroxylation is 2. The summed E-state index contributed by atoms with van der Waals surface area (Å²) in [5, 5.41) is -0.872. The maximum Gasteiger partial charge on any atom is 0.180 e. The summed E-state index contributed by atoms with van der Waals surface area (Å²) in [6.07, 6.45) is 1.89. The van der Waals surface area contributed by atoms with Crippen molar-refractivity contribution in [1.29, 1.82) is 0 Å². The van der Waals surface area contributed by atoms with Crippen LogP contribution in [0.5, 0.6) is 5.75 Å². The van der Waals surface area contributed by atoms with Crippen LogP contribution in [-0.2, 0) is 9.84 Å². The molecule has 1 aromatic rings. The Morgan fingerprint density at radius 1 is 1.20 bits per heavy atom. The van der Waals surface area contributed by atoms with Crippen molar-refractivity contribution in [2.75, 3.05) is 12.9 Å². The standard InChI is InChI=1S/C15H20O4S/c1-10-8-12(9-11(2)15(10)19-3)14(16)13-6-4-5-7-20(13,17)18/h8-9,13H,4-7H2,1-3H3. The topological polar surface area (TPSA) is 60.4 Å². The molecule has 0 bridgehead atoms. The molecular formula is C15H20O4S. The molecule has 20 heavy (non-hydrogen) atoms. The van der Waals surface area contributed by atoms with Crippen molar-refractivity contribution >= 4 is 15.6 Å². The molecule has 5 heteroatoms. The van der Waals surface area contributed by atoms with E-state index in [-0.39, 0.29) is 11.5 Å². The summed E-state index contributed by atoms with van der Waals surface area (Å²) in [5.74, 6) is 0.587. The Hall–Kier alpha value is -1.36. The van der Waals surface area contributed by atoms with E-state index in [9.17, 15) is 13.2 Å². The van der Waals surface area contributed by atoms with Crippen molar-refractivity contribution in [3.63, 3.8) is 0 Å². The smallest absolute Gasteiger partial charge is 0.180 e. The predicted octanol–water partition coefficient (Wildman–Crippen LogP) is 2.46. The Morgan fingerprint density at radius 3 is 2.30 bits per heavy atom. The van der Waals surface area contributed by atoms with E-state index in [0.29, 0.717) is 18.4 Å². The molecule has 0 aromatic heterocycles. The maximum absolute atomic E-state index is 12.5. The van der Waals surface area contributed by atoms with Crippen molar-refractivity contribution in [3.8, 4) is 5.75 Å². The number of benzene rings is 1. The van der Waals surface area contributed by atoms with E-state index in [2.05, 4.69) is 0 Å². The number of carbonyl (C=O) groups is 1. The first kappa shape index (κ1) is 15.0. The highest BCUT2D eigenvalue weighted by atomic mass is 32.2. The van der Waals surface area contributed by atoms with Gasteiger partial charge in [-0.05, 0) is 49.9 Å². The third kappa shape index (κ3) is 2.73. The Kier molecular flexibility index (Phi) is 4.18. The highest BCUT2D eigenvalue weighted by Gasteiger charge is 2.35. The summed E-state index contributed by atoms with van der Waals surface area (Å²) in [6, 6.07) is 3.44. The zero-order valence-corrected chi connectivity index (χ0v) is 12.9. The van der Waals surface area contributed by atoms with Gasteiger partial charge in [-0.15, -0.1) is 0 Å². The van der Waals surface area contributed by atoms with E-state index in [1.54, 1.807) is 19.2 Å². The molecule has 1 fully saturated rings. The van der Waals surface area contributed by atoms with Crippen LogP contribution in [0.1, 0.15) is 40.7 Å². The van der Waals surface area contributed by atoms with Gasteiger partial charge < -0.3 is 4.74 Å². The van der Waals surface area contributed by atoms with Gasteiger partial charge in [-0.3, -0.25) is 4.79 Å². The van der Waals surface area contributed by atoms with Gasteiger partial charge >= 0.3 is 0 Å². The number of hydrogen-bond donors (Lipinski definition) is 0. The van der Waals surface area contributed by atoms with Gasteiger partial charge in [0.1, 0.15) is 11.0 Å². The quantitative estimate of drug-likeness (QED) is 0.804. The van der Waals surface area contributed by atoms with Crippen molar-refractivity contribution in [2.24, 2.45) is 0 Å². The molecule has 0 amide bonds. The van der Waals surface area contributed by atoms with Crippen LogP contribution in [-0.4, -0.2) is 32.3 Å². The molecule has 1 atom stereocenters. The first-order chi connectivity index (χ1) is 9.36. The van der Waals surface area contributed by atoms with E-state index in [4.69, 9.17) is 4.74 Å². The number of methoxy groups -OCH3 is 1. The minimum Gasteiger partial charge on any atom is -0.496 e. The van der Waals surface area contributed by atoms with Crippen molar-refractivity contribution in [1.82, 2.24) is 0 Å². The van der Waals surface area contributed by atoms with Crippen LogP contribution >= 0.6 is 0 Å². The molecule has 110 valence electrons. The van der Waals surface area contributed by atoms with Gasteiger partial charge in [-0.1, -0.05) is 6.42 Å². The number of Topliss-reactive ketones (excluding diaryl/α,β-unsaturated/α-hetero) is 1. The van der Waals surface area contributed by atoms with Crippen LogP contribution in [0.3, 0.4) is 0 Å². The molecule has 1 saturated heterocycles. The van der Waals surface area contributed by atoms with E-state index in [0.717, 1.165) is 23.3 Å². The van der Waals surface area contributed by atoms with Crippen LogP contribution in [0.25, 0.3) is 0 Å². The molecular weight excluding hydrogens is 276 g/mol. The van der Waals surface area contributed by atoms with Gasteiger partial charge in [0.25, 0.3) is 0 Å². The Balaban J connectivity index is 2.39. The monoisotopic (exact) mass is 296 g/mol. The average Bonchev–Trinajstić information content (AvgIpc) is 2.37. The van der Waals surface area contributed by atoms with Crippen LogP contribution in [0.4, 0.5) is 0 Å². The number of carbonyl (C=O) groups excluding carboxylic acids is 1. The molecule has 1 heterocycles. The third-order valence-corrected chi connectivity index (χ3v) is 5.99. The van der Waals surface area contributed by atoms with Gasteiger partial charge in [0.05, 0.1) is 12.9 Å². The van der Waals surface area contributed by atoms with E-state index in [1.165, 1.54) is 0 Å². The Labute approximate surface area is 120 Å².